The Hall–Kier alpha value is -3.72. The molecule has 0 fully saturated rings. The van der Waals surface area contributed by atoms with Crippen LogP contribution in [0.15, 0.2) is 6.07 Å². The topological polar surface area (TPSA) is 210 Å². The van der Waals surface area contributed by atoms with Crippen molar-refractivity contribution < 1.29 is 33.8 Å². The fourth-order valence-corrected chi connectivity index (χ4v) is 5.05. The van der Waals surface area contributed by atoms with Crippen LogP contribution in [0.3, 0.4) is 0 Å². The molecule has 50 heavy (non-hydrogen) atoms. The minimum atomic E-state index is -1.08. The molecule has 1 aromatic rings. The van der Waals surface area contributed by atoms with E-state index in [1.807, 2.05) is 61.5 Å². The summed E-state index contributed by atoms with van der Waals surface area (Å²) in [6.45, 7) is 22.2. The van der Waals surface area contributed by atoms with Crippen molar-refractivity contribution in [1.29, 1.82) is 0 Å². The third-order valence-corrected chi connectivity index (χ3v) is 7.74. The van der Waals surface area contributed by atoms with Gasteiger partial charge in [0.25, 0.3) is 5.91 Å². The van der Waals surface area contributed by atoms with Gasteiger partial charge in [-0.2, -0.15) is 5.10 Å². The summed E-state index contributed by atoms with van der Waals surface area (Å²) in [6.07, 6.45) is -1.72. The second-order valence-corrected chi connectivity index (χ2v) is 15.5. The van der Waals surface area contributed by atoms with E-state index in [4.69, 9.17) is 10.5 Å². The van der Waals surface area contributed by atoms with E-state index in [1.165, 1.54) is 0 Å². The van der Waals surface area contributed by atoms with E-state index in [1.54, 1.807) is 32.4 Å². The number of nitrogens with one attached hydrogen (secondary N) is 4. The Balaban J connectivity index is 2.95. The lowest BCUT2D eigenvalue weighted by Crippen LogP contribution is -2.55. The highest BCUT2D eigenvalue weighted by atomic mass is 16.6. The smallest absolute Gasteiger partial charge is 0.429 e. The first-order valence-corrected chi connectivity index (χ1v) is 17.6. The molecule has 0 saturated carbocycles. The van der Waals surface area contributed by atoms with Crippen LogP contribution in [-0.2, 0) is 30.5 Å². The highest BCUT2D eigenvalue weighted by Gasteiger charge is 2.31. The van der Waals surface area contributed by atoms with Crippen LogP contribution in [0.5, 0.6) is 0 Å². The number of hydrogen-bond donors (Lipinski definition) is 6. The largest absolute Gasteiger partial charge is 0.442 e. The predicted octanol–water partition coefficient (Wildman–Crippen LogP) is 2.32. The Morgan fingerprint density at radius 2 is 1.56 bits per heavy atom. The van der Waals surface area contributed by atoms with E-state index in [2.05, 4.69) is 26.5 Å². The Labute approximate surface area is 298 Å². The summed E-state index contributed by atoms with van der Waals surface area (Å²) >= 11 is 0. The third kappa shape index (κ3) is 16.3. The number of carbonyl (C=O) groups is 5. The van der Waals surface area contributed by atoms with Gasteiger partial charge < -0.3 is 31.5 Å². The molecule has 286 valence electrons. The van der Waals surface area contributed by atoms with Gasteiger partial charge in [-0.15, -0.1) is 0 Å². The fraction of sp³-hybridized carbons (Fsp3) is 0.771. The second kappa shape index (κ2) is 20.2. The Bertz CT molecular complexity index is 1270. The molecule has 5 amide bonds. The van der Waals surface area contributed by atoms with Crippen LogP contribution in [0.25, 0.3) is 0 Å². The summed E-state index contributed by atoms with van der Waals surface area (Å²) in [7, 11) is 0. The van der Waals surface area contributed by atoms with Crippen molar-refractivity contribution in [2.45, 2.75) is 139 Å². The summed E-state index contributed by atoms with van der Waals surface area (Å²) in [5.41, 5.74) is 9.34. The second-order valence-electron chi connectivity index (χ2n) is 15.5. The molecule has 0 spiro atoms. The van der Waals surface area contributed by atoms with Gasteiger partial charge in [-0.1, -0.05) is 48.5 Å². The lowest BCUT2D eigenvalue weighted by Gasteiger charge is -2.30. The zero-order valence-electron chi connectivity index (χ0n) is 32.3. The molecule has 7 N–H and O–H groups in total. The van der Waals surface area contributed by atoms with E-state index >= 15 is 0 Å². The fourth-order valence-electron chi connectivity index (χ4n) is 5.05. The van der Waals surface area contributed by atoms with Crippen LogP contribution in [-0.4, -0.2) is 92.5 Å². The normalized spacial score (nSPS) is 14.8. The summed E-state index contributed by atoms with van der Waals surface area (Å²) < 4.78 is 7.05. The van der Waals surface area contributed by atoms with Crippen LogP contribution in [0, 0.1) is 37.5 Å². The average Bonchev–Trinajstić information content (AvgIpc) is 3.30. The van der Waals surface area contributed by atoms with Crippen molar-refractivity contribution in [3.05, 3.63) is 17.5 Å². The Morgan fingerprint density at radius 3 is 2.06 bits per heavy atom. The lowest BCUT2D eigenvalue weighted by atomic mass is 9.92. The first-order valence-electron chi connectivity index (χ1n) is 17.6. The molecule has 1 aromatic heterocycles. The number of hydrogen-bond acceptors (Lipinski definition) is 9. The molecule has 0 radical (unpaired) electrons. The Morgan fingerprint density at radius 1 is 0.940 bits per heavy atom. The Kier molecular flexibility index (Phi) is 17.9. The molecule has 15 heteroatoms. The van der Waals surface area contributed by atoms with Crippen LogP contribution >= 0.6 is 0 Å². The van der Waals surface area contributed by atoms with Crippen molar-refractivity contribution in [3.8, 4) is 0 Å². The van der Waals surface area contributed by atoms with Crippen LogP contribution in [0.2, 0.25) is 0 Å². The molecule has 0 aliphatic carbocycles. The maximum atomic E-state index is 13.2. The number of aliphatic hydroxyl groups excluding tert-OH is 1. The molecule has 0 saturated heterocycles. The number of nitrogens with zero attached hydrogens (tertiary/aromatic N) is 3. The van der Waals surface area contributed by atoms with Gasteiger partial charge in [-0.3, -0.25) is 29.3 Å². The quantitative estimate of drug-likeness (QED) is 0.123. The number of aromatic nitrogens is 2. The maximum absolute atomic E-state index is 13.2. The van der Waals surface area contributed by atoms with Gasteiger partial charge in [0, 0.05) is 24.6 Å². The molecular formula is C35H64N8O7. The molecular weight excluding hydrogens is 644 g/mol. The van der Waals surface area contributed by atoms with E-state index < -0.39 is 53.7 Å². The van der Waals surface area contributed by atoms with Crippen LogP contribution < -0.4 is 27.1 Å². The first-order chi connectivity index (χ1) is 23.0. The zero-order valence-corrected chi connectivity index (χ0v) is 32.3. The van der Waals surface area contributed by atoms with Crippen molar-refractivity contribution in [1.82, 2.24) is 36.2 Å². The molecule has 0 aliphatic rings. The number of aryl methyl sites for hydroxylation is 2. The predicted molar refractivity (Wildman–Crippen MR) is 191 cm³/mol. The molecule has 15 nitrogen and oxygen atoms in total. The van der Waals surface area contributed by atoms with Gasteiger partial charge in [-0.25, -0.2) is 9.80 Å². The molecule has 0 aliphatic heterocycles. The molecule has 0 aromatic carbocycles. The van der Waals surface area contributed by atoms with Gasteiger partial charge in [-0.05, 0) is 71.3 Å². The van der Waals surface area contributed by atoms with Crippen molar-refractivity contribution in [2.24, 2.45) is 29.4 Å². The SMILES string of the molecule is Cc1cc(C)n(CC(N)C(=O)NN(CCC(=O)NC(CC(C)C)C(O)CC(C)C(=O)NC(C(=O)NCC(C)C)C(C)C)C(=O)OC(C)(C)C)n1. The van der Waals surface area contributed by atoms with E-state index in [0.29, 0.717) is 13.0 Å². The van der Waals surface area contributed by atoms with Crippen molar-refractivity contribution in [3.63, 3.8) is 0 Å². The van der Waals surface area contributed by atoms with Gasteiger partial charge in [0.15, 0.2) is 0 Å². The summed E-state index contributed by atoms with van der Waals surface area (Å²) in [5.74, 6) is -2.25. The van der Waals surface area contributed by atoms with Gasteiger partial charge in [0.05, 0.1) is 30.9 Å². The number of ether oxygens (including phenoxy) is 1. The summed E-state index contributed by atoms with van der Waals surface area (Å²) in [6, 6.07) is -0.630. The summed E-state index contributed by atoms with van der Waals surface area (Å²) in [4.78, 5) is 65.1. The van der Waals surface area contributed by atoms with Crippen molar-refractivity contribution >= 4 is 29.7 Å². The number of carbonyl (C=O) groups excluding carboxylic acids is 5. The molecule has 5 atom stereocenters. The lowest BCUT2D eigenvalue weighted by molar-refractivity contribution is -0.132. The van der Waals surface area contributed by atoms with Crippen LogP contribution in [0.4, 0.5) is 4.79 Å². The minimum Gasteiger partial charge on any atom is -0.442 e. The summed E-state index contributed by atoms with van der Waals surface area (Å²) in [5, 5.41) is 25.0. The monoisotopic (exact) mass is 708 g/mol. The van der Waals surface area contributed by atoms with E-state index in [-0.39, 0.29) is 55.5 Å². The zero-order chi connectivity index (χ0) is 38.5. The molecule has 1 heterocycles. The molecule has 0 bridgehead atoms. The number of nitrogens with two attached hydrogens (primary N) is 1. The third-order valence-electron chi connectivity index (χ3n) is 7.74. The number of amides is 5. The number of rotatable bonds is 18. The highest BCUT2D eigenvalue weighted by Crippen LogP contribution is 2.17. The van der Waals surface area contributed by atoms with Gasteiger partial charge in [0.2, 0.25) is 17.7 Å². The molecule has 5 unspecified atom stereocenters. The first kappa shape index (κ1) is 44.3. The van der Waals surface area contributed by atoms with E-state index in [0.717, 1.165) is 16.4 Å². The average molecular weight is 709 g/mol. The standard InChI is InChI=1S/C35H64N8O7/c1-20(2)15-27(28(44)16-23(7)31(46)39-30(22(5)6)33(48)37-18-21(3)4)38-29(45)13-14-42(34(49)50-35(10,11)12)41-32(47)26(36)19-43-25(9)17-24(8)40-43/h17,20-23,26-28,30,44H,13-16,18-19,36H2,1-12H3,(H,37,48)(H,38,45)(H,39,46)(H,41,47). The van der Waals surface area contributed by atoms with Gasteiger partial charge in [0.1, 0.15) is 17.7 Å². The number of aliphatic hydroxyl groups is 1. The maximum Gasteiger partial charge on any atom is 0.429 e. The van der Waals surface area contributed by atoms with Crippen molar-refractivity contribution in [2.75, 3.05) is 13.1 Å². The molecule has 1 rings (SSSR count). The highest BCUT2D eigenvalue weighted by molar-refractivity contribution is 5.88. The van der Waals surface area contributed by atoms with Crippen LogP contribution in [0.1, 0.15) is 99.9 Å². The van der Waals surface area contributed by atoms with E-state index in [9.17, 15) is 29.1 Å². The minimum absolute atomic E-state index is 0.0369. The number of hydrazine groups is 1. The van der Waals surface area contributed by atoms with Gasteiger partial charge >= 0.3 is 6.09 Å².